The number of nitrogens with zero attached hydrogens (tertiary/aromatic N) is 1. The van der Waals surface area contributed by atoms with E-state index >= 15 is 0 Å². The third-order valence-electron chi connectivity index (χ3n) is 5.39. The molecule has 35 heavy (non-hydrogen) atoms. The molecule has 0 aliphatic carbocycles. The minimum absolute atomic E-state index is 0.258. The first-order valence-electron chi connectivity index (χ1n) is 11.0. The van der Waals surface area contributed by atoms with Crippen LogP contribution in [-0.4, -0.2) is 22.7 Å². The number of hydrogen-bond acceptors (Lipinski definition) is 5. The summed E-state index contributed by atoms with van der Waals surface area (Å²) in [6, 6.07) is 19.0. The van der Waals surface area contributed by atoms with Crippen molar-refractivity contribution >= 4 is 63.2 Å². The fourth-order valence-corrected chi connectivity index (χ4v) is 5.30. The molecule has 0 N–H and O–H groups in total. The zero-order valence-electron chi connectivity index (χ0n) is 19.2. The molecular weight excluding hydrogens is 597 g/mol. The van der Waals surface area contributed by atoms with E-state index in [1.807, 2.05) is 74.5 Å². The average Bonchev–Trinajstić information content (AvgIpc) is 3.08. The van der Waals surface area contributed by atoms with Gasteiger partial charge in [-0.15, -0.1) is 0 Å². The van der Waals surface area contributed by atoms with Crippen LogP contribution in [0.3, 0.4) is 0 Å². The quantitative estimate of drug-likeness (QED) is 0.193. The molecule has 3 aromatic carbocycles. The maximum atomic E-state index is 13.0. The standard InChI is InChI=1S/C27H23ClINO4S/c1-3-33-23-13-19(12-22(29)25(23)34-16-18-8-10-21(28)11-9-18)14-24-26(31)30(27(32)35-24)15-20-7-5-4-6-17(20)2/h4-14H,3,15-16H2,1-2H3/b24-14-. The highest BCUT2D eigenvalue weighted by atomic mass is 127. The number of ether oxygens (including phenoxy) is 2. The number of halogens is 2. The monoisotopic (exact) mass is 619 g/mol. The summed E-state index contributed by atoms with van der Waals surface area (Å²) in [4.78, 5) is 27.3. The van der Waals surface area contributed by atoms with E-state index in [0.29, 0.717) is 34.6 Å². The number of carbonyl (C=O) groups is 2. The van der Waals surface area contributed by atoms with Gasteiger partial charge in [-0.2, -0.15) is 0 Å². The molecule has 3 aromatic rings. The van der Waals surface area contributed by atoms with Crippen molar-refractivity contribution in [3.63, 3.8) is 0 Å². The van der Waals surface area contributed by atoms with E-state index in [1.54, 1.807) is 6.08 Å². The Morgan fingerprint density at radius 2 is 1.80 bits per heavy atom. The highest BCUT2D eigenvalue weighted by molar-refractivity contribution is 14.1. The lowest BCUT2D eigenvalue weighted by Gasteiger charge is -2.15. The number of rotatable bonds is 8. The summed E-state index contributed by atoms with van der Waals surface area (Å²) in [5, 5.41) is 0.401. The van der Waals surface area contributed by atoms with E-state index in [2.05, 4.69) is 22.6 Å². The molecule has 0 aromatic heterocycles. The van der Waals surface area contributed by atoms with Crippen molar-refractivity contribution in [3.05, 3.63) is 96.4 Å². The molecule has 1 fully saturated rings. The normalized spacial score (nSPS) is 14.6. The second-order valence-corrected chi connectivity index (χ2v) is 10.5. The van der Waals surface area contributed by atoms with Gasteiger partial charge in [0.25, 0.3) is 11.1 Å². The zero-order chi connectivity index (χ0) is 24.9. The minimum Gasteiger partial charge on any atom is -0.490 e. The van der Waals surface area contributed by atoms with Crippen LogP contribution in [-0.2, 0) is 17.9 Å². The summed E-state index contributed by atoms with van der Waals surface area (Å²) in [6.07, 6.45) is 1.73. The van der Waals surface area contributed by atoms with Gasteiger partial charge in [0, 0.05) is 5.02 Å². The van der Waals surface area contributed by atoms with Gasteiger partial charge >= 0.3 is 0 Å². The van der Waals surface area contributed by atoms with Crippen LogP contribution < -0.4 is 9.47 Å². The first-order chi connectivity index (χ1) is 16.9. The number of benzene rings is 3. The lowest BCUT2D eigenvalue weighted by atomic mass is 10.1. The molecule has 0 radical (unpaired) electrons. The third-order valence-corrected chi connectivity index (χ3v) is 7.35. The summed E-state index contributed by atoms with van der Waals surface area (Å²) in [5.41, 5.74) is 3.74. The van der Waals surface area contributed by atoms with Gasteiger partial charge in [-0.3, -0.25) is 14.5 Å². The van der Waals surface area contributed by atoms with Crippen molar-refractivity contribution in [2.75, 3.05) is 6.61 Å². The first-order valence-corrected chi connectivity index (χ1v) is 13.3. The Kier molecular flexibility index (Phi) is 8.41. The summed E-state index contributed by atoms with van der Waals surface area (Å²) in [5.74, 6) is 0.922. The van der Waals surface area contributed by atoms with E-state index in [4.69, 9.17) is 21.1 Å². The maximum absolute atomic E-state index is 13.0. The first kappa shape index (κ1) is 25.6. The van der Waals surface area contributed by atoms with Crippen LogP contribution in [0.4, 0.5) is 4.79 Å². The smallest absolute Gasteiger partial charge is 0.293 e. The summed E-state index contributed by atoms with van der Waals surface area (Å²) in [7, 11) is 0. The molecule has 2 amide bonds. The van der Waals surface area contributed by atoms with E-state index in [-0.39, 0.29) is 17.7 Å². The molecule has 1 aliphatic rings. The van der Waals surface area contributed by atoms with E-state index < -0.39 is 0 Å². The zero-order valence-corrected chi connectivity index (χ0v) is 22.9. The number of thioether (sulfide) groups is 1. The topological polar surface area (TPSA) is 55.8 Å². The molecule has 5 nitrogen and oxygen atoms in total. The van der Waals surface area contributed by atoms with Crippen LogP contribution in [0.1, 0.15) is 29.2 Å². The SMILES string of the molecule is CCOc1cc(/C=C2\SC(=O)N(Cc3ccccc3C)C2=O)cc(I)c1OCc1ccc(Cl)cc1. The summed E-state index contributed by atoms with van der Waals surface area (Å²) < 4.78 is 12.8. The molecular formula is C27H23ClINO4S. The van der Waals surface area contributed by atoms with Gasteiger partial charge in [0.05, 0.1) is 21.6 Å². The van der Waals surface area contributed by atoms with Gasteiger partial charge in [0.15, 0.2) is 11.5 Å². The molecule has 1 aliphatic heterocycles. The Morgan fingerprint density at radius 1 is 1.06 bits per heavy atom. The van der Waals surface area contributed by atoms with Crippen LogP contribution in [0.25, 0.3) is 6.08 Å². The van der Waals surface area contributed by atoms with Crippen molar-refractivity contribution in [2.45, 2.75) is 27.0 Å². The van der Waals surface area contributed by atoms with Crippen LogP contribution in [0, 0.1) is 10.5 Å². The molecule has 0 unspecified atom stereocenters. The van der Waals surface area contributed by atoms with E-state index in [1.165, 1.54) is 4.90 Å². The van der Waals surface area contributed by atoms with Crippen molar-refractivity contribution in [3.8, 4) is 11.5 Å². The molecule has 1 saturated heterocycles. The van der Waals surface area contributed by atoms with Crippen LogP contribution in [0.15, 0.2) is 65.6 Å². The Morgan fingerprint density at radius 3 is 2.51 bits per heavy atom. The minimum atomic E-state index is -0.292. The van der Waals surface area contributed by atoms with Crippen molar-refractivity contribution < 1.29 is 19.1 Å². The van der Waals surface area contributed by atoms with Gasteiger partial charge < -0.3 is 9.47 Å². The lowest BCUT2D eigenvalue weighted by Crippen LogP contribution is -2.27. The Hall–Kier alpha value is -2.49. The molecule has 0 saturated carbocycles. The van der Waals surface area contributed by atoms with Crippen LogP contribution in [0.2, 0.25) is 5.02 Å². The average molecular weight is 620 g/mol. The fourth-order valence-electron chi connectivity index (χ4n) is 3.56. The highest BCUT2D eigenvalue weighted by Crippen LogP contribution is 2.38. The van der Waals surface area contributed by atoms with Gasteiger partial charge in [-0.05, 0) is 101 Å². The van der Waals surface area contributed by atoms with Gasteiger partial charge in [-0.25, -0.2) is 0 Å². The van der Waals surface area contributed by atoms with Crippen LogP contribution >= 0.6 is 46.0 Å². The second-order valence-electron chi connectivity index (χ2n) is 7.87. The molecule has 0 atom stereocenters. The van der Waals surface area contributed by atoms with Crippen molar-refractivity contribution in [1.29, 1.82) is 0 Å². The molecule has 8 heteroatoms. The van der Waals surface area contributed by atoms with Crippen molar-refractivity contribution in [1.82, 2.24) is 4.90 Å². The number of carbonyl (C=O) groups excluding carboxylic acids is 2. The van der Waals surface area contributed by atoms with E-state index in [9.17, 15) is 9.59 Å². The molecule has 0 spiro atoms. The molecule has 1 heterocycles. The summed E-state index contributed by atoms with van der Waals surface area (Å²) >= 11 is 9.11. The number of amides is 2. The largest absolute Gasteiger partial charge is 0.490 e. The van der Waals surface area contributed by atoms with E-state index in [0.717, 1.165) is 37.6 Å². The predicted octanol–water partition coefficient (Wildman–Crippen LogP) is 7.47. The lowest BCUT2D eigenvalue weighted by molar-refractivity contribution is -0.123. The Balaban J connectivity index is 1.55. The predicted molar refractivity (Wildman–Crippen MR) is 149 cm³/mol. The number of aryl methyl sites for hydroxylation is 1. The Bertz CT molecular complexity index is 1290. The third kappa shape index (κ3) is 6.20. The fraction of sp³-hybridized carbons (Fsp3) is 0.185. The number of imide groups is 1. The molecule has 180 valence electrons. The number of hydrogen-bond donors (Lipinski definition) is 0. The highest BCUT2D eigenvalue weighted by Gasteiger charge is 2.35. The van der Waals surface area contributed by atoms with Gasteiger partial charge in [0.1, 0.15) is 6.61 Å². The van der Waals surface area contributed by atoms with Gasteiger partial charge in [-0.1, -0.05) is 48.0 Å². The Labute approximate surface area is 227 Å². The van der Waals surface area contributed by atoms with Crippen molar-refractivity contribution in [2.24, 2.45) is 0 Å². The second kappa shape index (κ2) is 11.5. The molecule has 4 rings (SSSR count). The van der Waals surface area contributed by atoms with Crippen LogP contribution in [0.5, 0.6) is 11.5 Å². The summed E-state index contributed by atoms with van der Waals surface area (Å²) in [6.45, 7) is 4.96. The van der Waals surface area contributed by atoms with Gasteiger partial charge in [0.2, 0.25) is 0 Å². The maximum Gasteiger partial charge on any atom is 0.293 e. The molecule has 0 bridgehead atoms.